The van der Waals surface area contributed by atoms with E-state index in [9.17, 15) is 0 Å². The molecule has 0 saturated carbocycles. The van der Waals surface area contributed by atoms with Gasteiger partial charge in [-0.2, -0.15) is 5.10 Å². The zero-order chi connectivity index (χ0) is 13.4. The first kappa shape index (κ1) is 12.5. The number of hydrogen-bond donors (Lipinski definition) is 0. The molecule has 20 heavy (non-hydrogen) atoms. The third kappa shape index (κ3) is 2.17. The van der Waals surface area contributed by atoms with Gasteiger partial charge in [0.2, 0.25) is 0 Å². The van der Waals surface area contributed by atoms with E-state index in [0.29, 0.717) is 12.1 Å². The van der Waals surface area contributed by atoms with Gasteiger partial charge in [-0.3, -0.25) is 9.58 Å². The smallest absolute Gasteiger partial charge is 0.107 e. The Morgan fingerprint density at radius 3 is 3.15 bits per heavy atom. The van der Waals surface area contributed by atoms with Crippen LogP contribution in [-0.2, 0) is 11.3 Å². The Bertz CT molecular complexity index is 542. The highest BCUT2D eigenvalue weighted by molar-refractivity contribution is 7.09. The summed E-state index contributed by atoms with van der Waals surface area (Å²) in [4.78, 5) is 6.94. The molecule has 2 aromatic heterocycles. The van der Waals surface area contributed by atoms with Gasteiger partial charge < -0.3 is 4.74 Å². The molecule has 2 aliphatic heterocycles. The molecule has 2 fully saturated rings. The second-order valence-electron chi connectivity index (χ2n) is 5.45. The highest BCUT2D eigenvalue weighted by Crippen LogP contribution is 2.36. The van der Waals surface area contributed by atoms with E-state index in [1.807, 2.05) is 30.0 Å². The minimum atomic E-state index is 0.267. The number of ether oxygens (including phenoxy) is 1. The third-order valence-corrected chi connectivity index (χ3v) is 5.05. The van der Waals surface area contributed by atoms with E-state index in [0.717, 1.165) is 26.1 Å². The summed E-state index contributed by atoms with van der Waals surface area (Å²) in [5.74, 6) is 0. The minimum Gasteiger partial charge on any atom is -0.374 e. The molecule has 0 amide bonds. The minimum absolute atomic E-state index is 0.267. The van der Waals surface area contributed by atoms with E-state index in [1.54, 1.807) is 11.3 Å². The van der Waals surface area contributed by atoms with Crippen LogP contribution < -0.4 is 0 Å². The number of fused-ring (bicyclic) bond motifs is 1. The lowest BCUT2D eigenvalue weighted by molar-refractivity contribution is -0.0281. The monoisotopic (exact) mass is 290 g/mol. The van der Waals surface area contributed by atoms with E-state index in [4.69, 9.17) is 4.74 Å². The normalized spacial score (nSPS) is 30.5. The van der Waals surface area contributed by atoms with Crippen LogP contribution >= 0.6 is 11.3 Å². The summed E-state index contributed by atoms with van der Waals surface area (Å²) in [6.45, 7) is 2.81. The van der Waals surface area contributed by atoms with Crippen molar-refractivity contribution < 1.29 is 4.74 Å². The van der Waals surface area contributed by atoms with Gasteiger partial charge in [0.05, 0.1) is 18.7 Å². The molecule has 6 heteroatoms. The Kier molecular flexibility index (Phi) is 3.29. The van der Waals surface area contributed by atoms with Gasteiger partial charge in [-0.25, -0.2) is 4.98 Å². The van der Waals surface area contributed by atoms with Crippen LogP contribution in [-0.4, -0.2) is 45.0 Å². The van der Waals surface area contributed by atoms with Crippen molar-refractivity contribution >= 4 is 11.3 Å². The van der Waals surface area contributed by atoms with E-state index in [-0.39, 0.29) is 6.10 Å². The van der Waals surface area contributed by atoms with Crippen LogP contribution in [0.2, 0.25) is 0 Å². The summed E-state index contributed by atoms with van der Waals surface area (Å²) in [6, 6.07) is 2.82. The number of nitrogens with zero attached hydrogens (tertiary/aromatic N) is 4. The summed E-state index contributed by atoms with van der Waals surface area (Å²) in [7, 11) is 0. The summed E-state index contributed by atoms with van der Waals surface area (Å²) in [5.41, 5.74) is 0. The molecule has 3 atom stereocenters. The van der Waals surface area contributed by atoms with Gasteiger partial charge in [0.1, 0.15) is 5.01 Å². The standard InChI is InChI=1S/C14H18N4OS/c1-3-11-14(19-7-1)12(18-6-2-4-16-18)9-17(11)10-13-15-5-8-20-13/h2,4-6,8,11-12,14H,1,3,7,9-10H2/t11-,12-,14+/m1/s1. The lowest BCUT2D eigenvalue weighted by Crippen LogP contribution is -2.40. The third-order valence-electron chi connectivity index (χ3n) is 4.29. The molecule has 4 rings (SSSR count). The first-order valence-corrected chi connectivity index (χ1v) is 8.03. The predicted molar refractivity (Wildman–Crippen MR) is 76.6 cm³/mol. The molecular formula is C14H18N4OS. The number of likely N-dealkylation sites (tertiary alicyclic amines) is 1. The Morgan fingerprint density at radius 1 is 1.35 bits per heavy atom. The molecule has 0 aliphatic carbocycles. The van der Waals surface area contributed by atoms with Crippen LogP contribution in [0.3, 0.4) is 0 Å². The summed E-state index contributed by atoms with van der Waals surface area (Å²) in [5, 5.41) is 7.65. The molecule has 0 unspecified atom stereocenters. The van der Waals surface area contributed by atoms with Crippen LogP contribution in [0.25, 0.3) is 0 Å². The van der Waals surface area contributed by atoms with Crippen LogP contribution in [0.5, 0.6) is 0 Å². The van der Waals surface area contributed by atoms with Crippen LogP contribution in [0.4, 0.5) is 0 Å². The molecule has 2 aliphatic rings. The molecule has 2 aromatic rings. The van der Waals surface area contributed by atoms with Gasteiger partial charge in [-0.05, 0) is 18.9 Å². The molecule has 106 valence electrons. The SMILES string of the molecule is c1cnn([C@@H]2CN(Cc3nccs3)[C@@H]3CCCO[C@@H]32)c1. The Balaban J connectivity index is 1.57. The van der Waals surface area contributed by atoms with Crippen molar-refractivity contribution in [3.05, 3.63) is 35.0 Å². The van der Waals surface area contributed by atoms with Crippen LogP contribution in [0.1, 0.15) is 23.9 Å². The van der Waals surface area contributed by atoms with Crippen LogP contribution in [0, 0.1) is 0 Å². The summed E-state index contributed by atoms with van der Waals surface area (Å²) < 4.78 is 8.13. The number of aromatic nitrogens is 3. The van der Waals surface area contributed by atoms with Crippen LogP contribution in [0.15, 0.2) is 30.0 Å². The van der Waals surface area contributed by atoms with E-state index in [2.05, 4.69) is 19.7 Å². The Morgan fingerprint density at radius 2 is 2.35 bits per heavy atom. The second kappa shape index (κ2) is 5.27. The molecule has 0 radical (unpaired) electrons. The van der Waals surface area contributed by atoms with Crippen molar-refractivity contribution in [2.24, 2.45) is 0 Å². The molecular weight excluding hydrogens is 272 g/mol. The summed E-state index contributed by atoms with van der Waals surface area (Å²) in [6.07, 6.45) is 8.42. The second-order valence-corrected chi connectivity index (χ2v) is 6.43. The number of thiazole rings is 1. The van der Waals surface area contributed by atoms with E-state index >= 15 is 0 Å². The lowest BCUT2D eigenvalue weighted by atomic mass is 10.0. The van der Waals surface area contributed by atoms with Gasteiger partial charge in [0, 0.05) is 43.2 Å². The number of rotatable bonds is 3. The average Bonchev–Trinajstić information content (AvgIpc) is 3.19. The van der Waals surface area contributed by atoms with Gasteiger partial charge in [-0.15, -0.1) is 11.3 Å². The fourth-order valence-electron chi connectivity index (χ4n) is 3.42. The number of hydrogen-bond acceptors (Lipinski definition) is 5. The molecule has 0 N–H and O–H groups in total. The lowest BCUT2D eigenvalue weighted by Gasteiger charge is -2.32. The van der Waals surface area contributed by atoms with Gasteiger partial charge in [-0.1, -0.05) is 0 Å². The molecule has 2 saturated heterocycles. The molecule has 4 heterocycles. The maximum atomic E-state index is 6.07. The molecule has 0 aromatic carbocycles. The van der Waals surface area contributed by atoms with Crippen molar-refractivity contribution in [3.63, 3.8) is 0 Å². The average molecular weight is 290 g/mol. The highest BCUT2D eigenvalue weighted by atomic mass is 32.1. The van der Waals surface area contributed by atoms with Crippen molar-refractivity contribution in [2.75, 3.05) is 13.2 Å². The quantitative estimate of drug-likeness (QED) is 0.866. The molecule has 0 spiro atoms. The van der Waals surface area contributed by atoms with Crippen molar-refractivity contribution in [3.8, 4) is 0 Å². The molecule has 0 bridgehead atoms. The van der Waals surface area contributed by atoms with Gasteiger partial charge >= 0.3 is 0 Å². The first-order valence-electron chi connectivity index (χ1n) is 7.15. The topological polar surface area (TPSA) is 43.2 Å². The van der Waals surface area contributed by atoms with E-state index < -0.39 is 0 Å². The highest BCUT2D eigenvalue weighted by Gasteiger charge is 2.45. The van der Waals surface area contributed by atoms with Gasteiger partial charge in [0.15, 0.2) is 0 Å². The largest absolute Gasteiger partial charge is 0.374 e. The first-order chi connectivity index (χ1) is 9.92. The Labute approximate surface area is 122 Å². The fourth-order valence-corrected chi connectivity index (χ4v) is 4.06. The maximum Gasteiger partial charge on any atom is 0.107 e. The van der Waals surface area contributed by atoms with Gasteiger partial charge in [0.25, 0.3) is 0 Å². The summed E-state index contributed by atoms with van der Waals surface area (Å²) >= 11 is 1.73. The molecule has 5 nitrogen and oxygen atoms in total. The zero-order valence-corrected chi connectivity index (χ0v) is 12.1. The van der Waals surface area contributed by atoms with E-state index in [1.165, 1.54) is 11.4 Å². The zero-order valence-electron chi connectivity index (χ0n) is 11.3. The fraction of sp³-hybridized carbons (Fsp3) is 0.571. The maximum absolute atomic E-state index is 6.07. The van der Waals surface area contributed by atoms with Crippen molar-refractivity contribution in [2.45, 2.75) is 37.6 Å². The Hall–Kier alpha value is -1.24. The predicted octanol–water partition coefficient (Wildman–Crippen LogP) is 1.94. The van der Waals surface area contributed by atoms with Crippen molar-refractivity contribution in [1.82, 2.24) is 19.7 Å². The van der Waals surface area contributed by atoms with Crippen molar-refractivity contribution in [1.29, 1.82) is 0 Å².